The Morgan fingerprint density at radius 1 is 1.08 bits per heavy atom. The van der Waals surface area contributed by atoms with E-state index in [9.17, 15) is 0 Å². The van der Waals surface area contributed by atoms with Crippen LogP contribution in [0.3, 0.4) is 0 Å². The van der Waals surface area contributed by atoms with Crippen LogP contribution in [-0.2, 0) is 0 Å². The fourth-order valence-electron chi connectivity index (χ4n) is 3.69. The van der Waals surface area contributed by atoms with E-state index in [0.29, 0.717) is 6.04 Å². The molecule has 1 atom stereocenters. The van der Waals surface area contributed by atoms with Gasteiger partial charge < -0.3 is 16.4 Å². The molecule has 1 aromatic carbocycles. The molecule has 0 aliphatic carbocycles. The third-order valence-corrected chi connectivity index (χ3v) is 5.24. The molecule has 25 heavy (non-hydrogen) atoms. The van der Waals surface area contributed by atoms with E-state index in [2.05, 4.69) is 26.9 Å². The average Bonchev–Trinajstić information content (AvgIpc) is 2.64. The summed E-state index contributed by atoms with van der Waals surface area (Å²) in [6.45, 7) is 6.74. The van der Waals surface area contributed by atoms with Crippen LogP contribution in [-0.4, -0.2) is 60.6 Å². The summed E-state index contributed by atoms with van der Waals surface area (Å²) < 4.78 is 0. The van der Waals surface area contributed by atoms with E-state index in [1.54, 1.807) is 0 Å². The molecule has 0 bridgehead atoms. The number of benzene rings is 1. The third-order valence-electron chi connectivity index (χ3n) is 5.00. The molecule has 2 heterocycles. The van der Waals surface area contributed by atoms with E-state index in [0.717, 1.165) is 69.2 Å². The van der Waals surface area contributed by atoms with E-state index in [1.165, 1.54) is 10.9 Å². The zero-order valence-electron chi connectivity index (χ0n) is 14.7. The number of halogens is 1. The Morgan fingerprint density at radius 2 is 1.88 bits per heavy atom. The highest BCUT2D eigenvalue weighted by atomic mass is 35.5. The molecule has 0 amide bonds. The van der Waals surface area contributed by atoms with Gasteiger partial charge in [-0.05, 0) is 56.2 Å². The highest BCUT2D eigenvalue weighted by Crippen LogP contribution is 2.31. The molecule has 0 radical (unpaired) electrons. The SMILES string of the molecule is NCCCN1CCN(CCCN)C(c2ccnc3cc(Cl)ccc23)C1. The van der Waals surface area contributed by atoms with E-state index in [-0.39, 0.29) is 0 Å². The molecule has 1 fully saturated rings. The van der Waals surface area contributed by atoms with Gasteiger partial charge in [0.15, 0.2) is 0 Å². The third kappa shape index (κ3) is 4.49. The number of fused-ring (bicyclic) bond motifs is 1. The molecule has 5 nitrogen and oxygen atoms in total. The van der Waals surface area contributed by atoms with Crippen molar-refractivity contribution >= 4 is 22.5 Å². The second kappa shape index (κ2) is 8.92. The molecule has 1 saturated heterocycles. The minimum atomic E-state index is 0.352. The molecular weight excluding hydrogens is 334 g/mol. The van der Waals surface area contributed by atoms with Crippen LogP contribution in [0.4, 0.5) is 0 Å². The normalized spacial score (nSPS) is 19.6. The molecule has 0 spiro atoms. The topological polar surface area (TPSA) is 71.4 Å². The summed E-state index contributed by atoms with van der Waals surface area (Å²) in [7, 11) is 0. The summed E-state index contributed by atoms with van der Waals surface area (Å²) in [4.78, 5) is 9.59. The van der Waals surface area contributed by atoms with Gasteiger partial charge in [0.2, 0.25) is 0 Å². The lowest BCUT2D eigenvalue weighted by Gasteiger charge is -2.42. The molecular formula is C19H28ClN5. The lowest BCUT2D eigenvalue weighted by molar-refractivity contribution is 0.0739. The summed E-state index contributed by atoms with van der Waals surface area (Å²) >= 11 is 6.15. The van der Waals surface area contributed by atoms with Crippen LogP contribution in [0, 0.1) is 0 Å². The van der Waals surface area contributed by atoms with Gasteiger partial charge in [0, 0.05) is 48.8 Å². The van der Waals surface area contributed by atoms with Crippen LogP contribution in [0.2, 0.25) is 5.02 Å². The molecule has 4 N–H and O–H groups in total. The van der Waals surface area contributed by atoms with E-state index >= 15 is 0 Å². The quantitative estimate of drug-likeness (QED) is 0.791. The first-order valence-corrected chi connectivity index (χ1v) is 9.51. The van der Waals surface area contributed by atoms with Crippen LogP contribution in [0.5, 0.6) is 0 Å². The Kier molecular flexibility index (Phi) is 6.62. The standard InChI is InChI=1S/C19H28ClN5/c20-15-3-4-16-17(5-8-23-18(16)13-15)19-14-24(9-1-6-21)11-12-25(19)10-2-7-22/h3-5,8,13,19H,1-2,6-7,9-12,14,21-22H2. The van der Waals surface area contributed by atoms with Gasteiger partial charge in [-0.15, -0.1) is 0 Å². The van der Waals surface area contributed by atoms with Gasteiger partial charge in [0.05, 0.1) is 5.52 Å². The second-order valence-corrected chi connectivity index (χ2v) is 7.13. The Hall–Kier alpha value is -1.24. The van der Waals surface area contributed by atoms with Gasteiger partial charge in [0.25, 0.3) is 0 Å². The van der Waals surface area contributed by atoms with Gasteiger partial charge in [0.1, 0.15) is 0 Å². The van der Waals surface area contributed by atoms with Crippen molar-refractivity contribution in [3.05, 3.63) is 41.0 Å². The highest BCUT2D eigenvalue weighted by molar-refractivity contribution is 6.31. The molecule has 1 unspecified atom stereocenters. The molecule has 6 heteroatoms. The van der Waals surface area contributed by atoms with Crippen molar-refractivity contribution in [2.24, 2.45) is 11.5 Å². The molecule has 136 valence electrons. The number of nitrogens with zero attached hydrogens (tertiary/aromatic N) is 3. The monoisotopic (exact) mass is 361 g/mol. The molecule has 2 aromatic rings. The molecule has 1 aliphatic rings. The fourth-order valence-corrected chi connectivity index (χ4v) is 3.85. The molecule has 3 rings (SSSR count). The van der Waals surface area contributed by atoms with Crippen molar-refractivity contribution < 1.29 is 0 Å². The number of rotatable bonds is 7. The molecule has 1 aromatic heterocycles. The van der Waals surface area contributed by atoms with Crippen LogP contribution >= 0.6 is 11.6 Å². The largest absolute Gasteiger partial charge is 0.330 e. The summed E-state index contributed by atoms with van der Waals surface area (Å²) in [5.41, 5.74) is 13.7. The fraction of sp³-hybridized carbons (Fsp3) is 0.526. The number of aromatic nitrogens is 1. The van der Waals surface area contributed by atoms with Crippen molar-refractivity contribution in [3.8, 4) is 0 Å². The van der Waals surface area contributed by atoms with Gasteiger partial charge in [-0.3, -0.25) is 9.88 Å². The van der Waals surface area contributed by atoms with Gasteiger partial charge in [-0.25, -0.2) is 0 Å². The van der Waals surface area contributed by atoms with Crippen molar-refractivity contribution in [1.29, 1.82) is 0 Å². The number of hydrogen-bond donors (Lipinski definition) is 2. The number of pyridine rings is 1. The lowest BCUT2D eigenvalue weighted by Crippen LogP contribution is -2.49. The van der Waals surface area contributed by atoms with Crippen molar-refractivity contribution in [2.75, 3.05) is 45.8 Å². The van der Waals surface area contributed by atoms with E-state index in [1.807, 2.05) is 18.3 Å². The summed E-state index contributed by atoms with van der Waals surface area (Å²) in [5.74, 6) is 0. The minimum absolute atomic E-state index is 0.352. The Balaban J connectivity index is 1.91. The second-order valence-electron chi connectivity index (χ2n) is 6.70. The highest BCUT2D eigenvalue weighted by Gasteiger charge is 2.28. The Morgan fingerprint density at radius 3 is 2.68 bits per heavy atom. The van der Waals surface area contributed by atoms with Crippen LogP contribution in [0.1, 0.15) is 24.4 Å². The van der Waals surface area contributed by atoms with Gasteiger partial charge >= 0.3 is 0 Å². The van der Waals surface area contributed by atoms with E-state index in [4.69, 9.17) is 23.1 Å². The lowest BCUT2D eigenvalue weighted by atomic mass is 9.98. The first kappa shape index (κ1) is 18.5. The first-order valence-electron chi connectivity index (χ1n) is 9.13. The maximum Gasteiger partial charge on any atom is 0.0720 e. The van der Waals surface area contributed by atoms with Crippen LogP contribution < -0.4 is 11.5 Å². The van der Waals surface area contributed by atoms with Crippen LogP contribution in [0.15, 0.2) is 30.5 Å². The minimum Gasteiger partial charge on any atom is -0.330 e. The number of piperazine rings is 1. The van der Waals surface area contributed by atoms with Crippen molar-refractivity contribution in [1.82, 2.24) is 14.8 Å². The summed E-state index contributed by atoms with van der Waals surface area (Å²) in [6.07, 6.45) is 3.96. The van der Waals surface area contributed by atoms with Crippen LogP contribution in [0.25, 0.3) is 10.9 Å². The summed E-state index contributed by atoms with van der Waals surface area (Å²) in [6, 6.07) is 8.50. The van der Waals surface area contributed by atoms with Gasteiger partial charge in [-0.2, -0.15) is 0 Å². The van der Waals surface area contributed by atoms with Gasteiger partial charge in [-0.1, -0.05) is 17.7 Å². The Bertz CT molecular complexity index is 693. The first-order chi connectivity index (χ1) is 12.2. The zero-order chi connectivity index (χ0) is 17.6. The number of hydrogen-bond acceptors (Lipinski definition) is 5. The van der Waals surface area contributed by atoms with Crippen molar-refractivity contribution in [3.63, 3.8) is 0 Å². The maximum atomic E-state index is 6.15. The molecule has 1 aliphatic heterocycles. The van der Waals surface area contributed by atoms with E-state index < -0.39 is 0 Å². The summed E-state index contributed by atoms with van der Waals surface area (Å²) in [5, 5.41) is 1.92. The number of nitrogens with two attached hydrogens (primary N) is 2. The predicted molar refractivity (Wildman–Crippen MR) is 105 cm³/mol. The zero-order valence-corrected chi connectivity index (χ0v) is 15.5. The molecule has 0 saturated carbocycles. The predicted octanol–water partition coefficient (Wildman–Crippen LogP) is 2.24. The smallest absolute Gasteiger partial charge is 0.0720 e. The Labute approximate surface area is 154 Å². The maximum absolute atomic E-state index is 6.15. The van der Waals surface area contributed by atoms with Crippen molar-refractivity contribution in [2.45, 2.75) is 18.9 Å². The average molecular weight is 362 g/mol.